The molecule has 5 heteroatoms. The molecule has 1 fully saturated rings. The molecule has 3 rings (SSSR count). The summed E-state index contributed by atoms with van der Waals surface area (Å²) >= 11 is 0. The highest BCUT2D eigenvalue weighted by molar-refractivity contribution is 7.88. The lowest BCUT2D eigenvalue weighted by Gasteiger charge is -2.31. The third-order valence-corrected chi connectivity index (χ3v) is 6.91. The second-order valence-corrected chi connectivity index (χ2v) is 8.90. The molecule has 1 saturated heterocycles. The Morgan fingerprint density at radius 3 is 2.38 bits per heavy atom. The molecule has 0 N–H and O–H groups in total. The minimum absolute atomic E-state index is 0.0306. The van der Waals surface area contributed by atoms with Gasteiger partial charge in [-0.1, -0.05) is 42.5 Å². The Morgan fingerprint density at radius 1 is 1.00 bits per heavy atom. The maximum atomic E-state index is 12.7. The lowest BCUT2D eigenvalue weighted by molar-refractivity contribution is 0.263. The topological polar surface area (TPSA) is 61.2 Å². The van der Waals surface area contributed by atoms with Crippen LogP contribution in [0.2, 0.25) is 0 Å². The minimum Gasteiger partial charge on any atom is -0.212 e. The molecule has 1 heterocycles. The van der Waals surface area contributed by atoms with Crippen LogP contribution in [0, 0.1) is 17.2 Å². The predicted octanol–water partition coefficient (Wildman–Crippen LogP) is 3.73. The van der Waals surface area contributed by atoms with Crippen LogP contribution in [0.5, 0.6) is 0 Å². The summed E-state index contributed by atoms with van der Waals surface area (Å²) in [6.07, 6.45) is 4.01. The third kappa shape index (κ3) is 4.94. The van der Waals surface area contributed by atoms with Gasteiger partial charge in [0.2, 0.25) is 10.0 Å². The summed E-state index contributed by atoms with van der Waals surface area (Å²) in [5.41, 5.74) is 2.52. The molecule has 2 aromatic carbocycles. The molecule has 0 spiro atoms. The van der Waals surface area contributed by atoms with E-state index in [0.29, 0.717) is 30.1 Å². The van der Waals surface area contributed by atoms with Gasteiger partial charge in [0.05, 0.1) is 17.4 Å². The summed E-state index contributed by atoms with van der Waals surface area (Å²) in [7, 11) is -3.33. The van der Waals surface area contributed by atoms with E-state index in [1.165, 1.54) is 5.56 Å². The van der Waals surface area contributed by atoms with Gasteiger partial charge in [0.25, 0.3) is 0 Å². The van der Waals surface area contributed by atoms with Crippen molar-refractivity contribution in [2.24, 2.45) is 5.92 Å². The number of aryl methyl sites for hydroxylation is 1. The van der Waals surface area contributed by atoms with Crippen molar-refractivity contribution in [3.05, 3.63) is 71.3 Å². The van der Waals surface area contributed by atoms with Crippen LogP contribution in [0.25, 0.3) is 0 Å². The molecule has 0 unspecified atom stereocenters. The first-order chi connectivity index (χ1) is 12.6. The van der Waals surface area contributed by atoms with Crippen molar-refractivity contribution in [1.29, 1.82) is 5.26 Å². The van der Waals surface area contributed by atoms with Crippen molar-refractivity contribution in [2.75, 3.05) is 13.1 Å². The smallest absolute Gasteiger partial charge is 0.212 e. The second kappa shape index (κ2) is 8.48. The van der Waals surface area contributed by atoms with Crippen LogP contribution in [0.15, 0.2) is 54.6 Å². The van der Waals surface area contributed by atoms with E-state index in [1.807, 2.05) is 6.07 Å². The van der Waals surface area contributed by atoms with Crippen LogP contribution in [0.3, 0.4) is 0 Å². The average Bonchev–Trinajstić information content (AvgIpc) is 2.67. The van der Waals surface area contributed by atoms with Crippen molar-refractivity contribution in [3.8, 4) is 6.07 Å². The van der Waals surface area contributed by atoms with Gasteiger partial charge >= 0.3 is 0 Å². The fraction of sp³-hybridized carbons (Fsp3) is 0.381. The Labute approximate surface area is 156 Å². The first-order valence-electron chi connectivity index (χ1n) is 9.07. The van der Waals surface area contributed by atoms with E-state index < -0.39 is 10.0 Å². The zero-order valence-electron chi connectivity index (χ0n) is 14.8. The number of nitrogens with zero attached hydrogens (tertiary/aromatic N) is 2. The maximum Gasteiger partial charge on any atom is 0.218 e. The number of sulfonamides is 1. The normalized spacial score (nSPS) is 16.3. The van der Waals surface area contributed by atoms with Crippen molar-refractivity contribution in [1.82, 2.24) is 4.31 Å². The average molecular weight is 369 g/mol. The molecular weight excluding hydrogens is 344 g/mol. The number of rotatable bonds is 6. The summed E-state index contributed by atoms with van der Waals surface area (Å²) in [4.78, 5) is 0. The van der Waals surface area contributed by atoms with E-state index in [4.69, 9.17) is 5.26 Å². The number of hydrogen-bond donors (Lipinski definition) is 0. The number of nitriles is 1. The highest BCUT2D eigenvalue weighted by atomic mass is 32.2. The van der Waals surface area contributed by atoms with Gasteiger partial charge in [-0.2, -0.15) is 5.26 Å². The molecule has 4 nitrogen and oxygen atoms in total. The molecule has 1 aliphatic rings. The van der Waals surface area contributed by atoms with Crippen LogP contribution in [-0.2, 0) is 22.2 Å². The van der Waals surface area contributed by atoms with Gasteiger partial charge in [-0.15, -0.1) is 0 Å². The molecule has 0 aromatic heterocycles. The zero-order chi connectivity index (χ0) is 18.4. The molecule has 0 amide bonds. The van der Waals surface area contributed by atoms with Crippen LogP contribution < -0.4 is 0 Å². The Morgan fingerprint density at radius 2 is 1.69 bits per heavy atom. The molecule has 0 radical (unpaired) electrons. The van der Waals surface area contributed by atoms with Crippen molar-refractivity contribution >= 4 is 10.0 Å². The van der Waals surface area contributed by atoms with Crippen LogP contribution in [-0.4, -0.2) is 25.8 Å². The van der Waals surface area contributed by atoms with E-state index in [2.05, 4.69) is 30.3 Å². The quantitative estimate of drug-likeness (QED) is 0.780. The monoisotopic (exact) mass is 368 g/mol. The maximum absolute atomic E-state index is 12.7. The lowest BCUT2D eigenvalue weighted by Crippen LogP contribution is -2.39. The molecule has 0 atom stereocenters. The van der Waals surface area contributed by atoms with Crippen molar-refractivity contribution in [3.63, 3.8) is 0 Å². The summed E-state index contributed by atoms with van der Waals surface area (Å²) in [5.74, 6) is 0.556. The van der Waals surface area contributed by atoms with Gasteiger partial charge < -0.3 is 0 Å². The fourth-order valence-electron chi connectivity index (χ4n) is 3.52. The molecule has 2 aromatic rings. The fourth-order valence-corrected chi connectivity index (χ4v) is 5.07. The summed E-state index contributed by atoms with van der Waals surface area (Å²) < 4.78 is 27.0. The van der Waals surface area contributed by atoms with E-state index in [1.54, 1.807) is 28.6 Å². The summed E-state index contributed by atoms with van der Waals surface area (Å²) in [6, 6.07) is 19.4. The molecule has 136 valence electrons. The first-order valence-corrected chi connectivity index (χ1v) is 10.7. The van der Waals surface area contributed by atoms with Gasteiger partial charge in [0, 0.05) is 13.1 Å². The molecule has 26 heavy (non-hydrogen) atoms. The Balaban J connectivity index is 1.52. The van der Waals surface area contributed by atoms with Crippen molar-refractivity contribution in [2.45, 2.75) is 31.4 Å². The molecule has 0 aliphatic carbocycles. The van der Waals surface area contributed by atoms with Gasteiger partial charge in [-0.25, -0.2) is 12.7 Å². The molecule has 0 bridgehead atoms. The second-order valence-electron chi connectivity index (χ2n) is 6.94. The number of benzene rings is 2. The van der Waals surface area contributed by atoms with Crippen molar-refractivity contribution < 1.29 is 8.42 Å². The highest BCUT2D eigenvalue weighted by Crippen LogP contribution is 2.25. The number of piperidine rings is 1. The minimum atomic E-state index is -3.33. The molecule has 0 saturated carbocycles. The molecule has 1 aliphatic heterocycles. The zero-order valence-corrected chi connectivity index (χ0v) is 15.7. The standard InChI is InChI=1S/C21H24N2O2S/c22-16-20-7-4-8-21(15-20)17-26(24,25)23-13-11-19(12-14-23)10-9-18-5-2-1-3-6-18/h1-8,15,19H,9-14,17H2. The van der Waals surface area contributed by atoms with Gasteiger partial charge in [-0.3, -0.25) is 0 Å². The number of hydrogen-bond acceptors (Lipinski definition) is 3. The van der Waals surface area contributed by atoms with Gasteiger partial charge in [-0.05, 0) is 54.9 Å². The predicted molar refractivity (Wildman–Crippen MR) is 103 cm³/mol. The van der Waals surface area contributed by atoms with E-state index in [9.17, 15) is 8.42 Å². The van der Waals surface area contributed by atoms with Gasteiger partial charge in [0.15, 0.2) is 0 Å². The lowest BCUT2D eigenvalue weighted by atomic mass is 9.91. The van der Waals surface area contributed by atoms with Crippen LogP contribution in [0.4, 0.5) is 0 Å². The van der Waals surface area contributed by atoms with Gasteiger partial charge in [0.1, 0.15) is 0 Å². The highest BCUT2D eigenvalue weighted by Gasteiger charge is 2.28. The summed E-state index contributed by atoms with van der Waals surface area (Å²) in [5, 5.41) is 8.96. The Bertz CT molecular complexity index is 864. The SMILES string of the molecule is N#Cc1cccc(CS(=O)(=O)N2CCC(CCc3ccccc3)CC2)c1. The van der Waals surface area contributed by atoms with Crippen LogP contribution >= 0.6 is 0 Å². The van der Waals surface area contributed by atoms with Crippen LogP contribution in [0.1, 0.15) is 36.0 Å². The Hall–Kier alpha value is -2.16. The van der Waals surface area contributed by atoms with E-state index in [-0.39, 0.29) is 5.75 Å². The summed E-state index contributed by atoms with van der Waals surface area (Å²) in [6.45, 7) is 1.19. The molecular formula is C21H24N2O2S. The first kappa shape index (κ1) is 18.6. The Kier molecular flexibility index (Phi) is 6.08. The van der Waals surface area contributed by atoms with E-state index in [0.717, 1.165) is 25.7 Å². The third-order valence-electron chi connectivity index (χ3n) is 5.06. The largest absolute Gasteiger partial charge is 0.218 e. The van der Waals surface area contributed by atoms with E-state index >= 15 is 0 Å².